The van der Waals surface area contributed by atoms with Crippen LogP contribution < -0.4 is 5.73 Å². The summed E-state index contributed by atoms with van der Waals surface area (Å²) >= 11 is 0. The van der Waals surface area contributed by atoms with Gasteiger partial charge in [-0.15, -0.1) is 0 Å². The largest absolute Gasteiger partial charge is 0.417 e. The van der Waals surface area contributed by atoms with Crippen molar-refractivity contribution in [3.8, 4) is 11.3 Å². The number of anilines is 1. The average Bonchev–Trinajstić information content (AvgIpc) is 2.54. The van der Waals surface area contributed by atoms with Crippen molar-refractivity contribution < 1.29 is 18.0 Å². The summed E-state index contributed by atoms with van der Waals surface area (Å²) < 4.78 is 40.1. The fourth-order valence-electron chi connectivity index (χ4n) is 2.68. The van der Waals surface area contributed by atoms with Crippen LogP contribution in [0.15, 0.2) is 36.5 Å². The maximum absolute atomic E-state index is 13.4. The number of fused-ring (bicyclic) bond motifs is 1. The number of carbonyl (C=O) groups is 1. The highest BCUT2D eigenvalue weighted by Gasteiger charge is 2.34. The summed E-state index contributed by atoms with van der Waals surface area (Å²) in [5.41, 5.74) is 6.14. The Hall–Kier alpha value is -2.96. The molecule has 0 amide bonds. The number of rotatable bonds is 2. The average molecular weight is 345 g/mol. The first kappa shape index (κ1) is 16.9. The van der Waals surface area contributed by atoms with Gasteiger partial charge in [0, 0.05) is 22.7 Å². The van der Waals surface area contributed by atoms with Crippen LogP contribution in [0.5, 0.6) is 0 Å². The zero-order chi connectivity index (χ0) is 18.4. The number of halogens is 3. The predicted octanol–water partition coefficient (Wildman–Crippen LogP) is 4.41. The molecule has 2 aromatic heterocycles. The number of ketones is 1. The van der Waals surface area contributed by atoms with E-state index in [1.54, 1.807) is 19.1 Å². The van der Waals surface area contributed by atoms with Crippen molar-refractivity contribution in [3.05, 3.63) is 53.2 Å². The van der Waals surface area contributed by atoms with Crippen LogP contribution in [0.1, 0.15) is 28.4 Å². The number of pyridine rings is 2. The minimum absolute atomic E-state index is 0.0485. The third-order valence-corrected chi connectivity index (χ3v) is 3.90. The molecule has 128 valence electrons. The topological polar surface area (TPSA) is 68.9 Å². The molecule has 0 saturated carbocycles. The molecule has 0 aliphatic heterocycles. The van der Waals surface area contributed by atoms with Crippen LogP contribution in [0.4, 0.5) is 19.0 Å². The molecule has 4 nitrogen and oxygen atoms in total. The lowest BCUT2D eigenvalue weighted by Crippen LogP contribution is -2.08. The van der Waals surface area contributed by atoms with Crippen LogP contribution in [0.3, 0.4) is 0 Å². The number of nitrogens with zero attached hydrogens (tertiary/aromatic N) is 2. The molecular weight excluding hydrogens is 331 g/mol. The number of hydrogen-bond donors (Lipinski definition) is 1. The van der Waals surface area contributed by atoms with Gasteiger partial charge in [-0.25, -0.2) is 9.97 Å². The maximum atomic E-state index is 13.4. The van der Waals surface area contributed by atoms with Crippen molar-refractivity contribution in [2.24, 2.45) is 0 Å². The summed E-state index contributed by atoms with van der Waals surface area (Å²) in [4.78, 5) is 19.9. The lowest BCUT2D eigenvalue weighted by molar-refractivity contribution is -0.137. The summed E-state index contributed by atoms with van der Waals surface area (Å²) in [7, 11) is 0. The SMILES string of the molecule is CC(=O)c1cnc(N)c2nc(-c3ccc(C)cc3C(F)(F)F)ccc12. The Morgan fingerprint density at radius 3 is 2.52 bits per heavy atom. The Balaban J connectivity index is 2.29. The van der Waals surface area contributed by atoms with E-state index < -0.39 is 11.7 Å². The van der Waals surface area contributed by atoms with E-state index in [1.165, 1.54) is 25.3 Å². The predicted molar refractivity (Wildman–Crippen MR) is 89.1 cm³/mol. The van der Waals surface area contributed by atoms with Gasteiger partial charge in [0.05, 0.1) is 11.3 Å². The Kier molecular flexibility index (Phi) is 3.94. The number of hydrogen-bond acceptors (Lipinski definition) is 4. The van der Waals surface area contributed by atoms with Gasteiger partial charge < -0.3 is 5.73 Å². The molecule has 0 saturated heterocycles. The molecule has 0 aliphatic rings. The monoisotopic (exact) mass is 345 g/mol. The quantitative estimate of drug-likeness (QED) is 0.699. The standard InChI is InChI=1S/C18H14F3N3O/c1-9-3-4-12(14(7-9)18(19,20)21)15-6-5-11-13(10(2)25)8-23-17(22)16(11)24-15/h3-8H,1-2H3,(H2,22,23). The van der Waals surface area contributed by atoms with E-state index in [0.717, 1.165) is 6.07 Å². The summed E-state index contributed by atoms with van der Waals surface area (Å²) in [6.45, 7) is 2.97. The second-order valence-corrected chi connectivity index (χ2v) is 5.75. The zero-order valence-electron chi connectivity index (χ0n) is 13.5. The molecule has 1 aromatic carbocycles. The molecule has 2 heterocycles. The number of aryl methyl sites for hydroxylation is 1. The van der Waals surface area contributed by atoms with Gasteiger partial charge in [-0.2, -0.15) is 13.2 Å². The fourth-order valence-corrected chi connectivity index (χ4v) is 2.68. The van der Waals surface area contributed by atoms with Gasteiger partial charge in [0.1, 0.15) is 11.3 Å². The number of nitrogen functional groups attached to an aromatic ring is 1. The Morgan fingerprint density at radius 1 is 1.16 bits per heavy atom. The molecular formula is C18H14F3N3O. The van der Waals surface area contributed by atoms with Crippen molar-refractivity contribution in [3.63, 3.8) is 0 Å². The highest BCUT2D eigenvalue weighted by atomic mass is 19.4. The number of nitrogens with two attached hydrogens (primary N) is 1. The lowest BCUT2D eigenvalue weighted by atomic mass is 9.99. The van der Waals surface area contributed by atoms with Gasteiger partial charge in [0.25, 0.3) is 0 Å². The van der Waals surface area contributed by atoms with E-state index in [0.29, 0.717) is 16.5 Å². The molecule has 2 N–H and O–H groups in total. The summed E-state index contributed by atoms with van der Waals surface area (Å²) in [6, 6.07) is 7.05. The van der Waals surface area contributed by atoms with E-state index in [9.17, 15) is 18.0 Å². The highest BCUT2D eigenvalue weighted by Crippen LogP contribution is 2.37. The van der Waals surface area contributed by atoms with Gasteiger partial charge in [-0.1, -0.05) is 17.7 Å². The van der Waals surface area contributed by atoms with Gasteiger partial charge in [0.2, 0.25) is 0 Å². The first-order valence-corrected chi connectivity index (χ1v) is 7.43. The van der Waals surface area contributed by atoms with Crippen LogP contribution in [0.25, 0.3) is 22.2 Å². The molecule has 0 radical (unpaired) electrons. The summed E-state index contributed by atoms with van der Waals surface area (Å²) in [5.74, 6) is -0.166. The Labute approximate surface area is 141 Å². The van der Waals surface area contributed by atoms with E-state index >= 15 is 0 Å². The van der Waals surface area contributed by atoms with Crippen LogP contribution in [-0.2, 0) is 6.18 Å². The molecule has 3 aromatic rings. The second-order valence-electron chi connectivity index (χ2n) is 5.75. The molecule has 0 unspecified atom stereocenters. The lowest BCUT2D eigenvalue weighted by Gasteiger charge is -2.14. The van der Waals surface area contributed by atoms with Crippen molar-refractivity contribution in [1.82, 2.24) is 9.97 Å². The highest BCUT2D eigenvalue weighted by molar-refractivity contribution is 6.08. The molecule has 3 rings (SSSR count). The minimum Gasteiger partial charge on any atom is -0.382 e. The normalized spacial score (nSPS) is 11.7. The Bertz CT molecular complexity index is 997. The van der Waals surface area contributed by atoms with Crippen molar-refractivity contribution >= 4 is 22.5 Å². The molecule has 7 heteroatoms. The van der Waals surface area contributed by atoms with E-state index in [1.807, 2.05) is 0 Å². The molecule has 0 atom stereocenters. The molecule has 0 aliphatic carbocycles. The summed E-state index contributed by atoms with van der Waals surface area (Å²) in [6.07, 6.45) is -3.17. The molecule has 25 heavy (non-hydrogen) atoms. The van der Waals surface area contributed by atoms with Gasteiger partial charge >= 0.3 is 6.18 Å². The van der Waals surface area contributed by atoms with Crippen LogP contribution in [0.2, 0.25) is 0 Å². The van der Waals surface area contributed by atoms with Crippen molar-refractivity contribution in [2.45, 2.75) is 20.0 Å². The Morgan fingerprint density at radius 2 is 1.88 bits per heavy atom. The van der Waals surface area contributed by atoms with E-state index in [2.05, 4.69) is 9.97 Å². The van der Waals surface area contributed by atoms with E-state index in [-0.39, 0.29) is 28.4 Å². The fraction of sp³-hybridized carbons (Fsp3) is 0.167. The zero-order valence-corrected chi connectivity index (χ0v) is 13.5. The van der Waals surface area contributed by atoms with Crippen LogP contribution in [0, 0.1) is 6.92 Å². The second kappa shape index (κ2) is 5.84. The van der Waals surface area contributed by atoms with Crippen molar-refractivity contribution in [1.29, 1.82) is 0 Å². The van der Waals surface area contributed by atoms with Gasteiger partial charge in [-0.3, -0.25) is 4.79 Å². The minimum atomic E-state index is -4.51. The molecule has 0 bridgehead atoms. The first-order chi connectivity index (χ1) is 11.7. The third kappa shape index (κ3) is 3.05. The van der Waals surface area contributed by atoms with Crippen molar-refractivity contribution in [2.75, 3.05) is 5.73 Å². The smallest absolute Gasteiger partial charge is 0.382 e. The number of benzene rings is 1. The van der Waals surface area contributed by atoms with Crippen LogP contribution >= 0.6 is 0 Å². The molecule has 0 spiro atoms. The third-order valence-electron chi connectivity index (χ3n) is 3.90. The van der Waals surface area contributed by atoms with Crippen LogP contribution in [-0.4, -0.2) is 15.8 Å². The first-order valence-electron chi connectivity index (χ1n) is 7.43. The maximum Gasteiger partial charge on any atom is 0.417 e. The molecule has 0 fully saturated rings. The summed E-state index contributed by atoms with van der Waals surface area (Å²) in [5, 5.41) is 0.462. The van der Waals surface area contributed by atoms with Gasteiger partial charge in [-0.05, 0) is 32.0 Å². The number of alkyl halides is 3. The number of carbonyl (C=O) groups excluding carboxylic acids is 1. The number of aromatic nitrogens is 2. The van der Waals surface area contributed by atoms with Gasteiger partial charge in [0.15, 0.2) is 5.78 Å². The number of Topliss-reactive ketones (excluding diaryl/α,β-unsaturated/α-hetero) is 1. The van der Waals surface area contributed by atoms with E-state index in [4.69, 9.17) is 5.73 Å².